The molecule has 3 rings (SSSR count). The molecule has 0 N–H and O–H groups in total. The Bertz CT molecular complexity index is 1000. The van der Waals surface area contributed by atoms with Crippen LogP contribution in [-0.4, -0.2) is 37.3 Å². The lowest BCUT2D eigenvalue weighted by Crippen LogP contribution is -2.33. The summed E-state index contributed by atoms with van der Waals surface area (Å²) in [5, 5.41) is 16.0. The summed E-state index contributed by atoms with van der Waals surface area (Å²) < 4.78 is 31.1. The van der Waals surface area contributed by atoms with Gasteiger partial charge in [0.1, 0.15) is 17.8 Å². The second-order valence-electron chi connectivity index (χ2n) is 6.48. The van der Waals surface area contributed by atoms with E-state index in [2.05, 4.69) is 25.1 Å². The van der Waals surface area contributed by atoms with Crippen molar-refractivity contribution in [1.82, 2.24) is 24.5 Å². The predicted molar refractivity (Wildman–Crippen MR) is 89.8 cm³/mol. The van der Waals surface area contributed by atoms with Crippen LogP contribution in [0.25, 0.3) is 5.78 Å². The molecule has 2 aromatic heterocycles. The topological polar surface area (TPSA) is 86.7 Å². The van der Waals surface area contributed by atoms with Gasteiger partial charge in [-0.05, 0) is 29.8 Å². The first-order valence-electron chi connectivity index (χ1n) is 7.68. The molecule has 0 fully saturated rings. The largest absolute Gasteiger partial charge is 0.435 e. The van der Waals surface area contributed by atoms with Crippen LogP contribution in [0.5, 0.6) is 5.75 Å². The summed E-state index contributed by atoms with van der Waals surface area (Å²) in [6, 6.07) is 5.85. The summed E-state index contributed by atoms with van der Waals surface area (Å²) in [5.41, 5.74) is -0.0130. The van der Waals surface area contributed by atoms with Crippen LogP contribution in [0.4, 0.5) is 8.78 Å². The zero-order valence-electron chi connectivity index (χ0n) is 14.3. The average Bonchev–Trinajstić information content (AvgIpc) is 3.01. The van der Waals surface area contributed by atoms with Gasteiger partial charge in [0, 0.05) is 5.41 Å². The number of halogens is 2. The Hall–Kier alpha value is -3.17. The Kier molecular flexibility index (Phi) is 4.49. The van der Waals surface area contributed by atoms with Gasteiger partial charge in [-0.1, -0.05) is 20.8 Å². The van der Waals surface area contributed by atoms with Gasteiger partial charge in [-0.15, -0.1) is 10.2 Å². The Morgan fingerprint density at radius 3 is 2.54 bits per heavy atom. The van der Waals surface area contributed by atoms with E-state index in [1.807, 2.05) is 20.8 Å². The van der Waals surface area contributed by atoms with Gasteiger partial charge >= 0.3 is 6.61 Å². The predicted octanol–water partition coefficient (Wildman–Crippen LogP) is 2.07. The molecule has 0 aliphatic carbocycles. The molecule has 0 saturated carbocycles. The second kappa shape index (κ2) is 6.62. The van der Waals surface area contributed by atoms with E-state index < -0.39 is 17.6 Å². The highest BCUT2D eigenvalue weighted by atomic mass is 19.3. The van der Waals surface area contributed by atoms with E-state index in [1.165, 1.54) is 29.2 Å². The maximum atomic E-state index is 12.7. The summed E-state index contributed by atoms with van der Waals surface area (Å²) in [4.78, 5) is 12.7. The van der Waals surface area contributed by atoms with E-state index in [9.17, 15) is 13.6 Å². The van der Waals surface area contributed by atoms with Crippen LogP contribution in [0.3, 0.4) is 0 Å². The Morgan fingerprint density at radius 1 is 1.23 bits per heavy atom. The summed E-state index contributed by atoms with van der Waals surface area (Å²) in [5.74, 6) is 0.199. The van der Waals surface area contributed by atoms with Crippen LogP contribution in [0.15, 0.2) is 40.5 Å². The SMILES string of the molecule is CC(C)(C)c1nn2cnnc2n(/N=C\c2ccc(OC(F)F)cc2)c1=O. The minimum atomic E-state index is -2.89. The van der Waals surface area contributed by atoms with Gasteiger partial charge in [-0.25, -0.2) is 0 Å². The summed E-state index contributed by atoms with van der Waals surface area (Å²) in [6.07, 6.45) is 2.79. The molecule has 0 radical (unpaired) electrons. The van der Waals surface area contributed by atoms with Crippen LogP contribution in [0.1, 0.15) is 32.0 Å². The zero-order valence-corrected chi connectivity index (χ0v) is 14.3. The number of fused-ring (bicyclic) bond motifs is 1. The fraction of sp³-hybridized carbons (Fsp3) is 0.312. The third-order valence-corrected chi connectivity index (χ3v) is 3.44. The number of hydrogen-bond acceptors (Lipinski definition) is 6. The maximum Gasteiger partial charge on any atom is 0.387 e. The zero-order chi connectivity index (χ0) is 18.9. The van der Waals surface area contributed by atoms with Gasteiger partial charge in [0.05, 0.1) is 6.21 Å². The minimum Gasteiger partial charge on any atom is -0.435 e. The number of aromatic nitrogens is 5. The monoisotopic (exact) mass is 362 g/mol. The van der Waals surface area contributed by atoms with Crippen molar-refractivity contribution >= 4 is 12.0 Å². The van der Waals surface area contributed by atoms with Crippen molar-refractivity contribution in [2.75, 3.05) is 0 Å². The van der Waals surface area contributed by atoms with E-state index in [0.29, 0.717) is 11.3 Å². The standard InChI is InChI=1S/C16H16F2N6O2/c1-16(2,3)12-13(25)24(15-21-19-9-23(15)22-12)20-8-10-4-6-11(7-5-10)26-14(17)18/h4-9,14H,1-3H3/b20-8-. The molecule has 0 unspecified atom stereocenters. The van der Waals surface area contributed by atoms with E-state index in [1.54, 1.807) is 12.1 Å². The van der Waals surface area contributed by atoms with Crippen LogP contribution < -0.4 is 10.3 Å². The first kappa shape index (κ1) is 17.6. The Morgan fingerprint density at radius 2 is 1.92 bits per heavy atom. The molecule has 0 bridgehead atoms. The molecule has 0 spiro atoms. The van der Waals surface area contributed by atoms with Gasteiger partial charge in [-0.3, -0.25) is 4.79 Å². The molecule has 8 nitrogen and oxygen atoms in total. The van der Waals surface area contributed by atoms with Gasteiger partial charge in [0.2, 0.25) is 0 Å². The van der Waals surface area contributed by atoms with Crippen molar-refractivity contribution in [2.45, 2.75) is 32.8 Å². The molecule has 1 aromatic carbocycles. The average molecular weight is 362 g/mol. The molecule has 10 heteroatoms. The van der Waals surface area contributed by atoms with Crippen molar-refractivity contribution in [3.05, 3.63) is 52.2 Å². The Labute approximate surface area is 146 Å². The first-order valence-corrected chi connectivity index (χ1v) is 7.68. The van der Waals surface area contributed by atoms with Crippen LogP contribution in [0.2, 0.25) is 0 Å². The molecule has 0 atom stereocenters. The van der Waals surface area contributed by atoms with Gasteiger partial charge in [-0.2, -0.15) is 28.2 Å². The smallest absolute Gasteiger partial charge is 0.387 e. The molecular weight excluding hydrogens is 346 g/mol. The lowest BCUT2D eigenvalue weighted by Gasteiger charge is -2.16. The molecule has 2 heterocycles. The number of hydrogen-bond donors (Lipinski definition) is 0. The number of ether oxygens (including phenoxy) is 1. The normalized spacial score (nSPS) is 12.4. The van der Waals surface area contributed by atoms with Gasteiger partial charge < -0.3 is 4.74 Å². The fourth-order valence-electron chi connectivity index (χ4n) is 2.21. The molecule has 136 valence electrons. The van der Waals surface area contributed by atoms with Crippen LogP contribution >= 0.6 is 0 Å². The molecule has 26 heavy (non-hydrogen) atoms. The highest BCUT2D eigenvalue weighted by Gasteiger charge is 2.23. The summed E-state index contributed by atoms with van der Waals surface area (Å²) in [6.45, 7) is 2.70. The highest BCUT2D eigenvalue weighted by molar-refractivity contribution is 5.79. The molecule has 0 saturated heterocycles. The van der Waals surface area contributed by atoms with Crippen molar-refractivity contribution in [1.29, 1.82) is 0 Å². The summed E-state index contributed by atoms with van der Waals surface area (Å²) in [7, 11) is 0. The molecular formula is C16H16F2N6O2. The van der Waals surface area contributed by atoms with Crippen molar-refractivity contribution in [3.8, 4) is 5.75 Å². The van der Waals surface area contributed by atoms with Crippen molar-refractivity contribution in [2.24, 2.45) is 5.10 Å². The molecule has 0 amide bonds. The van der Waals surface area contributed by atoms with Gasteiger partial charge in [0.15, 0.2) is 0 Å². The summed E-state index contributed by atoms with van der Waals surface area (Å²) >= 11 is 0. The number of rotatable bonds is 4. The van der Waals surface area contributed by atoms with E-state index in [-0.39, 0.29) is 11.5 Å². The molecule has 0 aliphatic heterocycles. The van der Waals surface area contributed by atoms with E-state index in [4.69, 9.17) is 0 Å². The Balaban J connectivity index is 2.00. The second-order valence-corrected chi connectivity index (χ2v) is 6.48. The van der Waals surface area contributed by atoms with E-state index >= 15 is 0 Å². The van der Waals surface area contributed by atoms with E-state index in [0.717, 1.165) is 4.68 Å². The quantitative estimate of drug-likeness (QED) is 0.663. The molecule has 0 aliphatic rings. The third kappa shape index (κ3) is 3.58. The molecule has 3 aromatic rings. The highest BCUT2D eigenvalue weighted by Crippen LogP contribution is 2.16. The lowest BCUT2D eigenvalue weighted by molar-refractivity contribution is -0.0498. The number of alkyl halides is 2. The minimum absolute atomic E-state index is 0.0353. The van der Waals surface area contributed by atoms with Crippen molar-refractivity contribution < 1.29 is 13.5 Å². The van der Waals surface area contributed by atoms with Gasteiger partial charge in [0.25, 0.3) is 11.3 Å². The fourth-order valence-corrected chi connectivity index (χ4v) is 2.21. The lowest BCUT2D eigenvalue weighted by atomic mass is 9.93. The number of nitrogens with zero attached hydrogens (tertiary/aromatic N) is 6. The van der Waals surface area contributed by atoms with Crippen LogP contribution in [-0.2, 0) is 5.41 Å². The van der Waals surface area contributed by atoms with Crippen molar-refractivity contribution in [3.63, 3.8) is 0 Å². The third-order valence-electron chi connectivity index (χ3n) is 3.44. The number of benzene rings is 1. The maximum absolute atomic E-state index is 12.7. The van der Waals surface area contributed by atoms with Crippen LogP contribution in [0, 0.1) is 0 Å². The first-order chi connectivity index (χ1) is 12.3.